The molecule has 1 fully saturated rings. The zero-order valence-electron chi connectivity index (χ0n) is 9.80. The minimum atomic E-state index is -0.319. The highest BCUT2D eigenvalue weighted by molar-refractivity contribution is 5.80. The molecule has 1 aliphatic heterocycles. The van der Waals surface area contributed by atoms with Crippen molar-refractivity contribution in [2.45, 2.75) is 13.0 Å². The lowest BCUT2D eigenvalue weighted by atomic mass is 10.2. The second-order valence-corrected chi connectivity index (χ2v) is 3.75. The van der Waals surface area contributed by atoms with Gasteiger partial charge in [-0.05, 0) is 19.1 Å². The Morgan fingerprint density at radius 1 is 1.71 bits per heavy atom. The van der Waals surface area contributed by atoms with E-state index < -0.39 is 0 Å². The van der Waals surface area contributed by atoms with E-state index in [9.17, 15) is 4.79 Å². The second-order valence-electron chi connectivity index (χ2n) is 3.75. The van der Waals surface area contributed by atoms with Crippen molar-refractivity contribution >= 4 is 11.8 Å². The maximum Gasteiger partial charge on any atom is 0.330 e. The molecule has 0 aliphatic carbocycles. The zero-order valence-corrected chi connectivity index (χ0v) is 9.80. The van der Waals surface area contributed by atoms with Crippen molar-refractivity contribution < 1.29 is 9.53 Å². The van der Waals surface area contributed by atoms with Crippen molar-refractivity contribution in [1.82, 2.24) is 15.5 Å². The summed E-state index contributed by atoms with van der Waals surface area (Å²) >= 11 is 0. The van der Waals surface area contributed by atoms with Crippen molar-refractivity contribution in [3.63, 3.8) is 0 Å². The third kappa shape index (κ3) is 2.71. The van der Waals surface area contributed by atoms with Crippen LogP contribution >= 0.6 is 0 Å². The van der Waals surface area contributed by atoms with Crippen LogP contribution in [-0.2, 0) is 9.53 Å². The van der Waals surface area contributed by atoms with Gasteiger partial charge in [-0.2, -0.15) is 5.10 Å². The van der Waals surface area contributed by atoms with Gasteiger partial charge < -0.3 is 15.0 Å². The molecule has 0 saturated carbocycles. The van der Waals surface area contributed by atoms with E-state index in [2.05, 4.69) is 15.5 Å². The number of nitrogens with zero attached hydrogens (tertiary/aromatic N) is 3. The van der Waals surface area contributed by atoms with Crippen molar-refractivity contribution in [1.29, 1.82) is 0 Å². The monoisotopic (exact) mass is 236 g/mol. The van der Waals surface area contributed by atoms with Gasteiger partial charge in [-0.15, -0.1) is 5.10 Å². The quantitative estimate of drug-likeness (QED) is 0.734. The molecule has 1 unspecified atom stereocenters. The van der Waals surface area contributed by atoms with E-state index in [1.807, 2.05) is 17.0 Å². The summed E-state index contributed by atoms with van der Waals surface area (Å²) in [6.45, 7) is 4.33. The third-order valence-corrected chi connectivity index (χ3v) is 2.65. The van der Waals surface area contributed by atoms with Crippen LogP contribution in [0.3, 0.4) is 0 Å². The van der Waals surface area contributed by atoms with E-state index >= 15 is 0 Å². The average molecular weight is 236 g/mol. The molecule has 0 bridgehead atoms. The summed E-state index contributed by atoms with van der Waals surface area (Å²) in [5, 5.41) is 11.1. The van der Waals surface area contributed by atoms with Gasteiger partial charge in [-0.1, -0.05) is 0 Å². The Hall–Kier alpha value is -1.69. The summed E-state index contributed by atoms with van der Waals surface area (Å²) in [7, 11) is 0. The van der Waals surface area contributed by atoms with Gasteiger partial charge in [0.15, 0.2) is 5.82 Å². The zero-order chi connectivity index (χ0) is 12.1. The molecular weight excluding hydrogens is 220 g/mol. The Labute approximate surface area is 100.0 Å². The normalized spacial score (nSPS) is 20.1. The number of carbonyl (C=O) groups is 1. The van der Waals surface area contributed by atoms with Crippen LogP contribution in [0.4, 0.5) is 5.82 Å². The molecule has 6 nitrogen and oxygen atoms in total. The summed E-state index contributed by atoms with van der Waals surface area (Å²) in [6, 6.07) is 3.34. The van der Waals surface area contributed by atoms with Gasteiger partial charge in [-0.25, -0.2) is 4.79 Å². The molecule has 1 N–H and O–H groups in total. The van der Waals surface area contributed by atoms with Crippen LogP contribution in [0.15, 0.2) is 18.3 Å². The first-order chi connectivity index (χ1) is 8.33. The van der Waals surface area contributed by atoms with Gasteiger partial charge >= 0.3 is 5.97 Å². The summed E-state index contributed by atoms with van der Waals surface area (Å²) in [6.07, 6.45) is 1.62. The SMILES string of the molecule is CCOC(=O)C1CNCCN1c1cccnn1. The predicted octanol–water partition coefficient (Wildman–Crippen LogP) is -0.182. The van der Waals surface area contributed by atoms with Crippen molar-refractivity contribution in [3.05, 3.63) is 18.3 Å². The second kappa shape index (κ2) is 5.58. The molecule has 0 amide bonds. The van der Waals surface area contributed by atoms with E-state index in [4.69, 9.17) is 4.74 Å². The molecule has 1 saturated heterocycles. The highest BCUT2D eigenvalue weighted by Gasteiger charge is 2.30. The van der Waals surface area contributed by atoms with Crippen molar-refractivity contribution in [2.24, 2.45) is 0 Å². The fourth-order valence-electron chi connectivity index (χ4n) is 1.87. The lowest BCUT2D eigenvalue weighted by Gasteiger charge is -2.34. The van der Waals surface area contributed by atoms with Crippen molar-refractivity contribution in [2.75, 3.05) is 31.1 Å². The van der Waals surface area contributed by atoms with Crippen LogP contribution < -0.4 is 10.2 Å². The molecule has 2 heterocycles. The van der Waals surface area contributed by atoms with Gasteiger partial charge in [0.1, 0.15) is 6.04 Å². The molecule has 0 aromatic carbocycles. The number of esters is 1. The molecule has 1 aliphatic rings. The molecule has 2 rings (SSSR count). The number of piperazine rings is 1. The molecule has 0 spiro atoms. The molecule has 17 heavy (non-hydrogen) atoms. The first kappa shape index (κ1) is 11.8. The van der Waals surface area contributed by atoms with Gasteiger partial charge in [0, 0.05) is 25.8 Å². The topological polar surface area (TPSA) is 67.3 Å². The van der Waals surface area contributed by atoms with Crippen LogP contribution in [0, 0.1) is 0 Å². The van der Waals surface area contributed by atoms with Crippen LogP contribution in [0.2, 0.25) is 0 Å². The molecule has 0 radical (unpaired) electrons. The lowest BCUT2D eigenvalue weighted by molar-refractivity contribution is -0.144. The predicted molar refractivity (Wildman–Crippen MR) is 62.7 cm³/mol. The number of anilines is 1. The third-order valence-electron chi connectivity index (χ3n) is 2.65. The Morgan fingerprint density at radius 2 is 2.59 bits per heavy atom. The van der Waals surface area contributed by atoms with E-state index in [-0.39, 0.29) is 12.0 Å². The molecular formula is C11H16N4O2. The number of rotatable bonds is 3. The minimum absolute atomic E-state index is 0.217. The minimum Gasteiger partial charge on any atom is -0.464 e. The van der Waals surface area contributed by atoms with Gasteiger partial charge in [0.2, 0.25) is 0 Å². The molecule has 1 aromatic heterocycles. The Bertz CT molecular complexity index is 371. The van der Waals surface area contributed by atoms with E-state index in [1.54, 1.807) is 13.1 Å². The van der Waals surface area contributed by atoms with Crippen LogP contribution in [0.25, 0.3) is 0 Å². The maximum atomic E-state index is 11.8. The summed E-state index contributed by atoms with van der Waals surface area (Å²) in [5.74, 6) is 0.498. The summed E-state index contributed by atoms with van der Waals surface area (Å²) in [4.78, 5) is 13.8. The Balaban J connectivity index is 2.15. The number of nitrogens with one attached hydrogen (secondary N) is 1. The first-order valence-corrected chi connectivity index (χ1v) is 5.74. The molecule has 1 atom stereocenters. The van der Waals surface area contributed by atoms with Gasteiger partial charge in [0.05, 0.1) is 6.61 Å². The van der Waals surface area contributed by atoms with Crippen LogP contribution in [0.1, 0.15) is 6.92 Å². The number of carbonyl (C=O) groups excluding carboxylic acids is 1. The fraction of sp³-hybridized carbons (Fsp3) is 0.545. The number of hydrogen-bond donors (Lipinski definition) is 1. The fourth-order valence-corrected chi connectivity index (χ4v) is 1.87. The standard InChI is InChI=1S/C11H16N4O2/c1-2-17-11(16)9-8-12-6-7-15(9)10-4-3-5-13-14-10/h3-5,9,12H,2,6-8H2,1H3. The highest BCUT2D eigenvalue weighted by atomic mass is 16.5. The maximum absolute atomic E-state index is 11.8. The number of hydrogen-bond acceptors (Lipinski definition) is 6. The van der Waals surface area contributed by atoms with Gasteiger partial charge in [-0.3, -0.25) is 0 Å². The number of aromatic nitrogens is 2. The Kier molecular flexibility index (Phi) is 3.87. The molecule has 92 valence electrons. The largest absolute Gasteiger partial charge is 0.464 e. The van der Waals surface area contributed by atoms with Crippen LogP contribution in [0.5, 0.6) is 0 Å². The first-order valence-electron chi connectivity index (χ1n) is 5.74. The molecule has 6 heteroatoms. The Morgan fingerprint density at radius 3 is 3.29 bits per heavy atom. The van der Waals surface area contributed by atoms with E-state index in [0.29, 0.717) is 19.0 Å². The van der Waals surface area contributed by atoms with Gasteiger partial charge in [0.25, 0.3) is 0 Å². The van der Waals surface area contributed by atoms with E-state index in [0.717, 1.165) is 13.1 Å². The smallest absolute Gasteiger partial charge is 0.330 e. The van der Waals surface area contributed by atoms with Crippen molar-refractivity contribution in [3.8, 4) is 0 Å². The van der Waals surface area contributed by atoms with E-state index in [1.165, 1.54) is 0 Å². The summed E-state index contributed by atoms with van der Waals surface area (Å²) in [5.41, 5.74) is 0. The lowest BCUT2D eigenvalue weighted by Crippen LogP contribution is -2.56. The average Bonchev–Trinajstić information content (AvgIpc) is 2.40. The number of ether oxygens (including phenoxy) is 1. The molecule has 1 aromatic rings. The summed E-state index contributed by atoms with van der Waals surface area (Å²) < 4.78 is 5.06. The highest BCUT2D eigenvalue weighted by Crippen LogP contribution is 2.14. The van der Waals surface area contributed by atoms with Crippen LogP contribution in [-0.4, -0.2) is 48.4 Å².